The minimum atomic E-state index is -0.347. The lowest BCUT2D eigenvalue weighted by atomic mass is 9.98. The highest BCUT2D eigenvalue weighted by Crippen LogP contribution is 2.32. The number of aromatic nitrogens is 2. The molecule has 4 rings (SSSR count). The van der Waals surface area contributed by atoms with Crippen molar-refractivity contribution in [2.45, 2.75) is 37.8 Å². The maximum absolute atomic E-state index is 11.3. The van der Waals surface area contributed by atoms with Crippen LogP contribution in [0.25, 0.3) is 4.96 Å². The standard InChI is InChI=1S/C13H17N5O2S/c19-18(20)12-11(15-13-17(12)6-7-21-13)14-9-3-5-16-4-1-2-10(16)8-9/h6-7,9-10,14H,1-5,8H2. The van der Waals surface area contributed by atoms with E-state index in [0.717, 1.165) is 19.4 Å². The van der Waals surface area contributed by atoms with Gasteiger partial charge in [0.05, 0.1) is 0 Å². The van der Waals surface area contributed by atoms with Crippen LogP contribution >= 0.6 is 11.3 Å². The van der Waals surface area contributed by atoms with Gasteiger partial charge in [0.15, 0.2) is 0 Å². The second-order valence-electron chi connectivity index (χ2n) is 5.79. The molecule has 0 bridgehead atoms. The highest BCUT2D eigenvalue weighted by molar-refractivity contribution is 7.15. The van der Waals surface area contributed by atoms with Crippen LogP contribution in [0.5, 0.6) is 0 Å². The van der Waals surface area contributed by atoms with Crippen LogP contribution in [0.15, 0.2) is 11.6 Å². The second-order valence-corrected chi connectivity index (χ2v) is 6.67. The summed E-state index contributed by atoms with van der Waals surface area (Å²) in [7, 11) is 0. The van der Waals surface area contributed by atoms with E-state index in [1.165, 1.54) is 30.7 Å². The second kappa shape index (κ2) is 4.96. The van der Waals surface area contributed by atoms with E-state index in [9.17, 15) is 10.1 Å². The number of anilines is 1. The third kappa shape index (κ3) is 2.18. The van der Waals surface area contributed by atoms with E-state index in [2.05, 4.69) is 15.2 Å². The molecule has 2 unspecified atom stereocenters. The van der Waals surface area contributed by atoms with Gasteiger partial charge >= 0.3 is 5.82 Å². The molecule has 2 aliphatic rings. The Morgan fingerprint density at radius 1 is 1.43 bits per heavy atom. The van der Waals surface area contributed by atoms with Crippen LogP contribution in [0.3, 0.4) is 0 Å². The molecule has 4 heterocycles. The highest BCUT2D eigenvalue weighted by Gasteiger charge is 2.33. The van der Waals surface area contributed by atoms with Gasteiger partial charge in [-0.15, -0.1) is 0 Å². The molecule has 0 radical (unpaired) electrons. The van der Waals surface area contributed by atoms with Gasteiger partial charge in [0.2, 0.25) is 5.82 Å². The van der Waals surface area contributed by atoms with Crippen LogP contribution in [0.2, 0.25) is 0 Å². The normalized spacial score (nSPS) is 26.1. The van der Waals surface area contributed by atoms with E-state index in [0.29, 0.717) is 16.8 Å². The van der Waals surface area contributed by atoms with Gasteiger partial charge in [-0.3, -0.25) is 0 Å². The fourth-order valence-corrected chi connectivity index (χ4v) is 4.30. The molecule has 0 amide bonds. The van der Waals surface area contributed by atoms with Crippen molar-refractivity contribution in [3.05, 3.63) is 21.7 Å². The van der Waals surface area contributed by atoms with Crippen molar-refractivity contribution in [1.82, 2.24) is 14.3 Å². The summed E-state index contributed by atoms with van der Waals surface area (Å²) in [6.07, 6.45) is 6.31. The number of nitrogens with zero attached hydrogens (tertiary/aromatic N) is 4. The molecule has 2 aromatic rings. The number of piperidine rings is 1. The van der Waals surface area contributed by atoms with Crippen molar-refractivity contribution in [2.24, 2.45) is 0 Å². The Morgan fingerprint density at radius 3 is 3.19 bits per heavy atom. The molecule has 0 aromatic carbocycles. The van der Waals surface area contributed by atoms with Crippen LogP contribution in [-0.4, -0.2) is 44.4 Å². The lowest BCUT2D eigenvalue weighted by Gasteiger charge is -2.35. The molecule has 2 aromatic heterocycles. The lowest BCUT2D eigenvalue weighted by Crippen LogP contribution is -2.42. The van der Waals surface area contributed by atoms with Crippen molar-refractivity contribution >= 4 is 27.9 Å². The maximum Gasteiger partial charge on any atom is 0.372 e. The van der Waals surface area contributed by atoms with Crippen molar-refractivity contribution in [3.8, 4) is 0 Å². The van der Waals surface area contributed by atoms with Gasteiger partial charge in [-0.1, -0.05) is 11.3 Å². The molecule has 0 saturated carbocycles. The van der Waals surface area contributed by atoms with Gasteiger partial charge in [-0.25, -0.2) is 0 Å². The lowest BCUT2D eigenvalue weighted by molar-refractivity contribution is -0.389. The van der Waals surface area contributed by atoms with Crippen LogP contribution in [-0.2, 0) is 0 Å². The molecule has 112 valence electrons. The van der Waals surface area contributed by atoms with Crippen molar-refractivity contribution in [2.75, 3.05) is 18.4 Å². The number of hydrogen-bond acceptors (Lipinski definition) is 6. The minimum Gasteiger partial charge on any atom is -0.360 e. The minimum absolute atomic E-state index is 0.0556. The molecule has 21 heavy (non-hydrogen) atoms. The molecule has 1 N–H and O–H groups in total. The fraction of sp³-hybridized carbons (Fsp3) is 0.615. The van der Waals surface area contributed by atoms with E-state index in [1.54, 1.807) is 10.6 Å². The van der Waals surface area contributed by atoms with E-state index < -0.39 is 0 Å². The van der Waals surface area contributed by atoms with E-state index in [4.69, 9.17) is 0 Å². The smallest absolute Gasteiger partial charge is 0.360 e. The number of nitrogens with one attached hydrogen (secondary N) is 1. The van der Waals surface area contributed by atoms with E-state index in [-0.39, 0.29) is 16.8 Å². The zero-order valence-electron chi connectivity index (χ0n) is 11.6. The number of rotatable bonds is 3. The number of hydrogen-bond donors (Lipinski definition) is 1. The molecular formula is C13H17N5O2S. The Labute approximate surface area is 125 Å². The van der Waals surface area contributed by atoms with Crippen LogP contribution in [0, 0.1) is 10.1 Å². The first-order chi connectivity index (χ1) is 10.2. The quantitative estimate of drug-likeness (QED) is 0.696. The average molecular weight is 307 g/mol. The molecule has 2 aliphatic heterocycles. The fourth-order valence-electron chi connectivity index (χ4n) is 3.59. The summed E-state index contributed by atoms with van der Waals surface area (Å²) in [5, 5.41) is 16.5. The molecule has 8 heteroatoms. The summed E-state index contributed by atoms with van der Waals surface area (Å²) >= 11 is 1.42. The Morgan fingerprint density at radius 2 is 2.33 bits per heavy atom. The average Bonchev–Trinajstić information content (AvgIpc) is 3.11. The molecule has 2 saturated heterocycles. The van der Waals surface area contributed by atoms with Crippen molar-refractivity contribution in [3.63, 3.8) is 0 Å². The Kier molecular flexibility index (Phi) is 3.07. The molecule has 2 atom stereocenters. The largest absolute Gasteiger partial charge is 0.372 e. The molecule has 0 aliphatic carbocycles. The van der Waals surface area contributed by atoms with Gasteiger partial charge in [0, 0.05) is 24.0 Å². The summed E-state index contributed by atoms with van der Waals surface area (Å²) in [5.41, 5.74) is 0. The third-order valence-electron chi connectivity index (χ3n) is 4.57. The first-order valence-corrected chi connectivity index (χ1v) is 8.21. The summed E-state index contributed by atoms with van der Waals surface area (Å²) in [5.74, 6) is 0.475. The van der Waals surface area contributed by atoms with Gasteiger partial charge in [-0.05, 0) is 37.2 Å². The molecule has 2 fully saturated rings. The van der Waals surface area contributed by atoms with E-state index >= 15 is 0 Å². The van der Waals surface area contributed by atoms with E-state index in [1.807, 2.05) is 5.38 Å². The predicted octanol–water partition coefficient (Wildman–Crippen LogP) is 2.34. The first-order valence-electron chi connectivity index (χ1n) is 7.33. The van der Waals surface area contributed by atoms with Crippen molar-refractivity contribution < 1.29 is 4.92 Å². The topological polar surface area (TPSA) is 75.7 Å². The van der Waals surface area contributed by atoms with Gasteiger partial charge < -0.3 is 20.3 Å². The number of imidazole rings is 1. The predicted molar refractivity (Wildman–Crippen MR) is 81.0 cm³/mol. The zero-order chi connectivity index (χ0) is 14.4. The molecular weight excluding hydrogens is 290 g/mol. The number of fused-ring (bicyclic) bond motifs is 2. The summed E-state index contributed by atoms with van der Waals surface area (Å²) in [6.45, 7) is 2.29. The zero-order valence-corrected chi connectivity index (χ0v) is 12.4. The third-order valence-corrected chi connectivity index (χ3v) is 5.33. The summed E-state index contributed by atoms with van der Waals surface area (Å²) in [4.78, 5) is 18.6. The Balaban J connectivity index is 1.58. The number of thiazole rings is 1. The Hall–Kier alpha value is -1.67. The maximum atomic E-state index is 11.3. The molecule has 7 nitrogen and oxygen atoms in total. The Bertz CT molecular complexity index is 681. The summed E-state index contributed by atoms with van der Waals surface area (Å²) in [6, 6.07) is 0.923. The van der Waals surface area contributed by atoms with Crippen molar-refractivity contribution in [1.29, 1.82) is 0 Å². The van der Waals surface area contributed by atoms with Crippen LogP contribution in [0.1, 0.15) is 25.7 Å². The van der Waals surface area contributed by atoms with Gasteiger partial charge in [0.25, 0.3) is 4.96 Å². The van der Waals surface area contributed by atoms with Gasteiger partial charge in [0.1, 0.15) is 6.20 Å². The molecule has 0 spiro atoms. The monoisotopic (exact) mass is 307 g/mol. The highest BCUT2D eigenvalue weighted by atomic mass is 32.1. The number of nitro groups is 1. The summed E-state index contributed by atoms with van der Waals surface area (Å²) < 4.78 is 1.55. The SMILES string of the molecule is O=[N+]([O-])c1c(NC2CCN3CCCC3C2)nc2sccn12. The van der Waals surface area contributed by atoms with Crippen LogP contribution < -0.4 is 5.32 Å². The van der Waals surface area contributed by atoms with Crippen LogP contribution in [0.4, 0.5) is 11.6 Å². The van der Waals surface area contributed by atoms with Gasteiger partial charge in [-0.2, -0.15) is 9.38 Å². The first kappa shape index (κ1) is 13.0.